The van der Waals surface area contributed by atoms with E-state index in [2.05, 4.69) is 21.4 Å². The van der Waals surface area contributed by atoms with Gasteiger partial charge in [0, 0.05) is 42.5 Å². The Morgan fingerprint density at radius 3 is 2.71 bits per heavy atom. The standard InChI is InChI=1S/C21H26N6O/c1-14(2)27(15(3)4)21(28)26-9-8-19-17(13-26)12-23-20(25-19)24-18-7-5-6-16(10-18)11-22/h5-7,10,12,14-15H,8-9,13H2,1-4H3,(H,23,24,25). The fourth-order valence-electron chi connectivity index (χ4n) is 3.54. The van der Waals surface area contributed by atoms with Crippen LogP contribution in [-0.2, 0) is 13.0 Å². The molecule has 28 heavy (non-hydrogen) atoms. The van der Waals surface area contributed by atoms with E-state index < -0.39 is 0 Å². The van der Waals surface area contributed by atoms with Crippen LogP contribution in [0.15, 0.2) is 30.5 Å². The zero-order valence-electron chi connectivity index (χ0n) is 16.8. The maximum Gasteiger partial charge on any atom is 0.320 e. The van der Waals surface area contributed by atoms with Gasteiger partial charge in [-0.25, -0.2) is 14.8 Å². The van der Waals surface area contributed by atoms with Crippen LogP contribution in [0.4, 0.5) is 16.4 Å². The Kier molecular flexibility index (Phi) is 5.78. The van der Waals surface area contributed by atoms with Crippen LogP contribution in [0.3, 0.4) is 0 Å². The van der Waals surface area contributed by atoms with Crippen LogP contribution in [0.5, 0.6) is 0 Å². The topological polar surface area (TPSA) is 85.2 Å². The Morgan fingerprint density at radius 1 is 1.29 bits per heavy atom. The lowest BCUT2D eigenvalue weighted by molar-refractivity contribution is 0.120. The second-order valence-corrected chi connectivity index (χ2v) is 7.53. The molecule has 0 saturated carbocycles. The SMILES string of the molecule is CC(C)N(C(=O)N1CCc2nc(Nc3cccc(C#N)c3)ncc2C1)C(C)C. The Labute approximate surface area is 166 Å². The zero-order valence-corrected chi connectivity index (χ0v) is 16.8. The minimum atomic E-state index is 0.0613. The molecule has 0 atom stereocenters. The third-order valence-electron chi connectivity index (χ3n) is 4.79. The molecule has 2 aromatic rings. The van der Waals surface area contributed by atoms with Crippen LogP contribution in [0.1, 0.15) is 44.5 Å². The van der Waals surface area contributed by atoms with Crippen molar-refractivity contribution in [3.05, 3.63) is 47.3 Å². The lowest BCUT2D eigenvalue weighted by Crippen LogP contribution is -2.50. The first kappa shape index (κ1) is 19.6. The molecule has 7 nitrogen and oxygen atoms in total. The average molecular weight is 378 g/mol. The molecule has 1 N–H and O–H groups in total. The molecule has 0 aliphatic carbocycles. The summed E-state index contributed by atoms with van der Waals surface area (Å²) in [7, 11) is 0. The van der Waals surface area contributed by atoms with Gasteiger partial charge in [0.25, 0.3) is 0 Å². The number of nitrogens with zero attached hydrogens (tertiary/aromatic N) is 5. The summed E-state index contributed by atoms with van der Waals surface area (Å²) in [6.07, 6.45) is 2.48. The molecule has 7 heteroatoms. The van der Waals surface area contributed by atoms with Crippen molar-refractivity contribution in [2.24, 2.45) is 0 Å². The largest absolute Gasteiger partial charge is 0.324 e. The van der Waals surface area contributed by atoms with Gasteiger partial charge in [-0.15, -0.1) is 0 Å². The van der Waals surface area contributed by atoms with E-state index in [1.807, 2.05) is 49.6 Å². The van der Waals surface area contributed by atoms with Gasteiger partial charge in [0.1, 0.15) is 0 Å². The molecule has 2 amide bonds. The first-order valence-corrected chi connectivity index (χ1v) is 9.58. The van der Waals surface area contributed by atoms with Gasteiger partial charge in [-0.3, -0.25) is 0 Å². The highest BCUT2D eigenvalue weighted by molar-refractivity contribution is 5.75. The number of anilines is 2. The molecule has 1 aliphatic heterocycles. The molecule has 0 fully saturated rings. The second-order valence-electron chi connectivity index (χ2n) is 7.53. The summed E-state index contributed by atoms with van der Waals surface area (Å²) < 4.78 is 0. The zero-order chi connectivity index (χ0) is 20.3. The second kappa shape index (κ2) is 8.26. The van der Waals surface area contributed by atoms with Crippen LogP contribution < -0.4 is 5.32 Å². The van der Waals surface area contributed by atoms with Gasteiger partial charge in [0.2, 0.25) is 5.95 Å². The molecule has 1 aromatic heterocycles. The van der Waals surface area contributed by atoms with E-state index >= 15 is 0 Å². The first-order chi connectivity index (χ1) is 13.4. The van der Waals surface area contributed by atoms with Crippen LogP contribution in [-0.4, -0.2) is 44.4 Å². The fourth-order valence-corrected chi connectivity index (χ4v) is 3.54. The molecule has 0 saturated heterocycles. The normalized spacial score (nSPS) is 13.2. The van der Waals surface area contributed by atoms with Gasteiger partial charge >= 0.3 is 6.03 Å². The van der Waals surface area contributed by atoms with E-state index in [1.54, 1.807) is 18.3 Å². The molecule has 2 heterocycles. The molecule has 0 spiro atoms. The summed E-state index contributed by atoms with van der Waals surface area (Å²) in [6.45, 7) is 9.32. The van der Waals surface area contributed by atoms with Gasteiger partial charge in [-0.1, -0.05) is 6.07 Å². The summed E-state index contributed by atoms with van der Waals surface area (Å²) in [6, 6.07) is 9.69. The quantitative estimate of drug-likeness (QED) is 0.877. The van der Waals surface area contributed by atoms with E-state index in [4.69, 9.17) is 5.26 Å². The summed E-state index contributed by atoms with van der Waals surface area (Å²) in [5, 5.41) is 12.2. The van der Waals surface area contributed by atoms with Crippen LogP contribution in [0.2, 0.25) is 0 Å². The van der Waals surface area contributed by atoms with Gasteiger partial charge in [-0.05, 0) is 45.9 Å². The number of rotatable bonds is 4. The van der Waals surface area contributed by atoms with Crippen molar-refractivity contribution in [2.45, 2.75) is 52.7 Å². The van der Waals surface area contributed by atoms with E-state index in [9.17, 15) is 4.79 Å². The van der Waals surface area contributed by atoms with Crippen molar-refractivity contribution >= 4 is 17.7 Å². The van der Waals surface area contributed by atoms with E-state index in [0.717, 1.165) is 16.9 Å². The van der Waals surface area contributed by atoms with Crippen molar-refractivity contribution in [2.75, 3.05) is 11.9 Å². The smallest absolute Gasteiger partial charge is 0.320 e. The summed E-state index contributed by atoms with van der Waals surface area (Å²) in [4.78, 5) is 25.7. The number of hydrogen-bond acceptors (Lipinski definition) is 5. The molecule has 0 radical (unpaired) electrons. The molecular formula is C21H26N6O. The fraction of sp³-hybridized carbons (Fsp3) is 0.429. The van der Waals surface area contributed by atoms with Crippen molar-refractivity contribution < 1.29 is 4.79 Å². The first-order valence-electron chi connectivity index (χ1n) is 9.58. The predicted octanol–water partition coefficient (Wildman–Crippen LogP) is 3.69. The molecule has 3 rings (SSSR count). The third-order valence-corrected chi connectivity index (χ3v) is 4.79. The number of carbonyl (C=O) groups excluding carboxylic acids is 1. The van der Waals surface area contributed by atoms with E-state index in [-0.39, 0.29) is 18.1 Å². The predicted molar refractivity (Wildman–Crippen MR) is 108 cm³/mol. The highest BCUT2D eigenvalue weighted by atomic mass is 16.2. The number of nitriles is 1. The number of fused-ring (bicyclic) bond motifs is 1. The van der Waals surface area contributed by atoms with Crippen molar-refractivity contribution in [3.63, 3.8) is 0 Å². The van der Waals surface area contributed by atoms with Crippen molar-refractivity contribution in [3.8, 4) is 6.07 Å². The Hall–Kier alpha value is -3.14. The number of amides is 2. The molecule has 146 valence electrons. The summed E-state index contributed by atoms with van der Waals surface area (Å²) in [5.74, 6) is 0.500. The summed E-state index contributed by atoms with van der Waals surface area (Å²) >= 11 is 0. The highest BCUT2D eigenvalue weighted by Crippen LogP contribution is 2.22. The van der Waals surface area contributed by atoms with Gasteiger partial charge in [0.05, 0.1) is 23.9 Å². The molecule has 0 bridgehead atoms. The maximum atomic E-state index is 12.9. The molecule has 1 aliphatic rings. The minimum absolute atomic E-state index is 0.0613. The van der Waals surface area contributed by atoms with Crippen molar-refractivity contribution in [1.29, 1.82) is 5.26 Å². The number of hydrogen-bond donors (Lipinski definition) is 1. The number of nitrogens with one attached hydrogen (secondary N) is 1. The van der Waals surface area contributed by atoms with Crippen LogP contribution in [0.25, 0.3) is 0 Å². The molecule has 0 unspecified atom stereocenters. The monoisotopic (exact) mass is 378 g/mol. The van der Waals surface area contributed by atoms with Crippen LogP contribution in [0, 0.1) is 11.3 Å². The Morgan fingerprint density at radius 2 is 2.04 bits per heavy atom. The number of carbonyl (C=O) groups is 1. The number of benzene rings is 1. The number of aromatic nitrogens is 2. The van der Waals surface area contributed by atoms with Gasteiger partial charge in [-0.2, -0.15) is 5.26 Å². The molecular weight excluding hydrogens is 352 g/mol. The Bertz CT molecular complexity index is 894. The summed E-state index contributed by atoms with van der Waals surface area (Å²) in [5.41, 5.74) is 3.29. The Balaban J connectivity index is 1.73. The average Bonchev–Trinajstić information content (AvgIpc) is 2.67. The minimum Gasteiger partial charge on any atom is -0.324 e. The van der Waals surface area contributed by atoms with Crippen molar-refractivity contribution in [1.82, 2.24) is 19.8 Å². The molecule has 1 aromatic carbocycles. The van der Waals surface area contributed by atoms with Gasteiger partial charge < -0.3 is 15.1 Å². The van der Waals surface area contributed by atoms with E-state index in [0.29, 0.717) is 31.0 Å². The van der Waals surface area contributed by atoms with Crippen LogP contribution >= 0.6 is 0 Å². The lowest BCUT2D eigenvalue weighted by atomic mass is 10.1. The van der Waals surface area contributed by atoms with Gasteiger partial charge in [0.15, 0.2) is 0 Å². The maximum absolute atomic E-state index is 12.9. The lowest BCUT2D eigenvalue weighted by Gasteiger charge is -2.37. The third kappa shape index (κ3) is 4.22. The number of urea groups is 1. The highest BCUT2D eigenvalue weighted by Gasteiger charge is 2.28. The van der Waals surface area contributed by atoms with E-state index in [1.165, 1.54) is 0 Å².